The lowest BCUT2D eigenvalue weighted by atomic mass is 9.89. The minimum absolute atomic E-state index is 0.112. The number of hydrogen-bond acceptors (Lipinski definition) is 3. The van der Waals surface area contributed by atoms with Crippen molar-refractivity contribution < 1.29 is 4.74 Å². The van der Waals surface area contributed by atoms with Gasteiger partial charge in [-0.3, -0.25) is 4.98 Å². The summed E-state index contributed by atoms with van der Waals surface area (Å²) in [5, 5.41) is 3.52. The molecule has 3 nitrogen and oxygen atoms in total. The molecule has 20 heavy (non-hydrogen) atoms. The number of nitrogens with zero attached hydrogens (tertiary/aromatic N) is 1. The highest BCUT2D eigenvalue weighted by Crippen LogP contribution is 2.28. The molecule has 1 fully saturated rings. The molecule has 1 N–H and O–H groups in total. The van der Waals surface area contributed by atoms with Gasteiger partial charge >= 0.3 is 0 Å². The zero-order valence-electron chi connectivity index (χ0n) is 13.3. The van der Waals surface area contributed by atoms with Crippen molar-refractivity contribution in [3.63, 3.8) is 0 Å². The number of aromatic nitrogens is 1. The summed E-state index contributed by atoms with van der Waals surface area (Å²) in [6.45, 7) is 9.69. The molecule has 0 bridgehead atoms. The fraction of sp³-hybridized carbons (Fsp3) is 0.706. The molecule has 0 amide bonds. The van der Waals surface area contributed by atoms with E-state index in [1.807, 2.05) is 12.4 Å². The fourth-order valence-corrected chi connectivity index (χ4v) is 2.55. The van der Waals surface area contributed by atoms with Crippen LogP contribution >= 0.6 is 0 Å². The van der Waals surface area contributed by atoms with E-state index in [4.69, 9.17) is 4.74 Å². The molecule has 0 saturated heterocycles. The van der Waals surface area contributed by atoms with Gasteiger partial charge in [-0.1, -0.05) is 6.92 Å². The molecule has 0 spiro atoms. The van der Waals surface area contributed by atoms with E-state index in [0.29, 0.717) is 6.10 Å². The van der Waals surface area contributed by atoms with Gasteiger partial charge in [0.25, 0.3) is 0 Å². The Labute approximate surface area is 123 Å². The Balaban J connectivity index is 1.97. The summed E-state index contributed by atoms with van der Waals surface area (Å²) in [6, 6.07) is 2.06. The van der Waals surface area contributed by atoms with Gasteiger partial charge in [-0.2, -0.15) is 0 Å². The number of pyridine rings is 1. The van der Waals surface area contributed by atoms with Gasteiger partial charge in [-0.25, -0.2) is 0 Å². The van der Waals surface area contributed by atoms with E-state index in [2.05, 4.69) is 44.1 Å². The molecule has 1 aromatic heterocycles. The molecule has 3 heteroatoms. The van der Waals surface area contributed by atoms with Crippen LogP contribution < -0.4 is 10.1 Å². The number of nitrogens with one attached hydrogen (secondary N) is 1. The van der Waals surface area contributed by atoms with E-state index in [1.165, 1.54) is 31.2 Å². The third kappa shape index (κ3) is 4.78. The maximum atomic E-state index is 6.20. The van der Waals surface area contributed by atoms with E-state index >= 15 is 0 Å². The molecule has 0 unspecified atom stereocenters. The Bertz CT molecular complexity index is 417. The molecule has 2 rings (SSSR count). The van der Waals surface area contributed by atoms with Gasteiger partial charge in [0.1, 0.15) is 5.75 Å². The predicted molar refractivity (Wildman–Crippen MR) is 82.9 cm³/mol. The summed E-state index contributed by atoms with van der Waals surface area (Å²) in [6.07, 6.45) is 8.96. The summed E-state index contributed by atoms with van der Waals surface area (Å²) in [5.74, 6) is 1.80. The second kappa shape index (κ2) is 6.57. The van der Waals surface area contributed by atoms with Crippen molar-refractivity contribution in [3.8, 4) is 5.75 Å². The van der Waals surface area contributed by atoms with Crippen molar-refractivity contribution in [2.24, 2.45) is 5.92 Å². The van der Waals surface area contributed by atoms with E-state index in [1.54, 1.807) is 0 Å². The minimum atomic E-state index is 0.112. The SMILES string of the molecule is CC1CCC(Oc2cnccc2CNC(C)(C)C)CC1. The van der Waals surface area contributed by atoms with Crippen LogP contribution in [-0.4, -0.2) is 16.6 Å². The van der Waals surface area contributed by atoms with Crippen LogP contribution in [0.25, 0.3) is 0 Å². The zero-order chi connectivity index (χ0) is 14.6. The van der Waals surface area contributed by atoms with Gasteiger partial charge < -0.3 is 10.1 Å². The maximum Gasteiger partial charge on any atom is 0.142 e. The summed E-state index contributed by atoms with van der Waals surface area (Å²) < 4.78 is 6.20. The maximum absolute atomic E-state index is 6.20. The first-order chi connectivity index (χ1) is 9.44. The van der Waals surface area contributed by atoms with E-state index in [-0.39, 0.29) is 5.54 Å². The lowest BCUT2D eigenvalue weighted by molar-refractivity contribution is 0.133. The molecule has 0 aromatic carbocycles. The first-order valence-corrected chi connectivity index (χ1v) is 7.78. The summed E-state index contributed by atoms with van der Waals surface area (Å²) in [5.41, 5.74) is 1.31. The van der Waals surface area contributed by atoms with E-state index < -0.39 is 0 Å². The van der Waals surface area contributed by atoms with Gasteiger partial charge in [0.2, 0.25) is 0 Å². The molecule has 0 atom stereocenters. The molecule has 1 aliphatic rings. The lowest BCUT2D eigenvalue weighted by Crippen LogP contribution is -2.35. The van der Waals surface area contributed by atoms with Gasteiger partial charge in [-0.15, -0.1) is 0 Å². The first-order valence-electron chi connectivity index (χ1n) is 7.78. The lowest BCUT2D eigenvalue weighted by Gasteiger charge is -2.28. The van der Waals surface area contributed by atoms with Crippen molar-refractivity contribution in [2.45, 2.75) is 71.6 Å². The van der Waals surface area contributed by atoms with Gasteiger partial charge in [0.15, 0.2) is 0 Å². The second-order valence-electron chi connectivity index (χ2n) is 7.09. The number of rotatable bonds is 4. The predicted octanol–water partition coefficient (Wildman–Crippen LogP) is 3.93. The van der Waals surface area contributed by atoms with Crippen LogP contribution in [-0.2, 0) is 6.54 Å². The summed E-state index contributed by atoms with van der Waals surface area (Å²) >= 11 is 0. The summed E-state index contributed by atoms with van der Waals surface area (Å²) in [4.78, 5) is 4.22. The zero-order valence-corrected chi connectivity index (χ0v) is 13.3. The Morgan fingerprint density at radius 3 is 2.60 bits per heavy atom. The number of hydrogen-bond donors (Lipinski definition) is 1. The van der Waals surface area contributed by atoms with Crippen LogP contribution in [0.15, 0.2) is 18.5 Å². The minimum Gasteiger partial charge on any atom is -0.488 e. The average molecular weight is 276 g/mol. The normalized spacial score (nSPS) is 23.6. The first kappa shape index (κ1) is 15.3. The van der Waals surface area contributed by atoms with Crippen LogP contribution in [0.5, 0.6) is 5.75 Å². The van der Waals surface area contributed by atoms with E-state index in [0.717, 1.165) is 18.2 Å². The Morgan fingerprint density at radius 2 is 1.95 bits per heavy atom. The van der Waals surface area contributed by atoms with Crippen molar-refractivity contribution in [1.29, 1.82) is 0 Å². The quantitative estimate of drug-likeness (QED) is 0.905. The smallest absolute Gasteiger partial charge is 0.142 e. The standard InChI is InChI=1S/C17H28N2O/c1-13-5-7-15(8-6-13)20-16-12-18-10-9-14(16)11-19-17(2,3)4/h9-10,12-13,15,19H,5-8,11H2,1-4H3. The molecule has 0 aliphatic heterocycles. The molecular formula is C17H28N2O. The van der Waals surface area contributed by atoms with Gasteiger partial charge in [-0.05, 0) is 58.4 Å². The molecule has 1 aromatic rings. The summed E-state index contributed by atoms with van der Waals surface area (Å²) in [7, 11) is 0. The highest BCUT2D eigenvalue weighted by Gasteiger charge is 2.20. The molecule has 0 radical (unpaired) electrons. The highest BCUT2D eigenvalue weighted by atomic mass is 16.5. The average Bonchev–Trinajstić information content (AvgIpc) is 2.39. The van der Waals surface area contributed by atoms with Crippen LogP contribution in [0.2, 0.25) is 0 Å². The Morgan fingerprint density at radius 1 is 1.25 bits per heavy atom. The van der Waals surface area contributed by atoms with Gasteiger partial charge in [0, 0.05) is 23.8 Å². The molecule has 1 heterocycles. The highest BCUT2D eigenvalue weighted by molar-refractivity contribution is 5.30. The molecule has 1 saturated carbocycles. The number of ether oxygens (including phenoxy) is 1. The van der Waals surface area contributed by atoms with Crippen molar-refractivity contribution in [2.75, 3.05) is 0 Å². The Kier molecular flexibility index (Phi) is 5.03. The Hall–Kier alpha value is -1.09. The monoisotopic (exact) mass is 276 g/mol. The van der Waals surface area contributed by atoms with Crippen molar-refractivity contribution >= 4 is 0 Å². The third-order valence-corrected chi connectivity index (χ3v) is 3.94. The molecule has 112 valence electrons. The van der Waals surface area contributed by atoms with Crippen LogP contribution in [0.4, 0.5) is 0 Å². The van der Waals surface area contributed by atoms with Crippen molar-refractivity contribution in [1.82, 2.24) is 10.3 Å². The second-order valence-corrected chi connectivity index (χ2v) is 7.09. The van der Waals surface area contributed by atoms with Crippen LogP contribution in [0.3, 0.4) is 0 Å². The van der Waals surface area contributed by atoms with Crippen LogP contribution in [0.1, 0.15) is 58.9 Å². The molecular weight excluding hydrogens is 248 g/mol. The van der Waals surface area contributed by atoms with Crippen LogP contribution in [0, 0.1) is 5.92 Å². The fourth-order valence-electron chi connectivity index (χ4n) is 2.55. The van der Waals surface area contributed by atoms with E-state index in [9.17, 15) is 0 Å². The topological polar surface area (TPSA) is 34.1 Å². The molecule has 1 aliphatic carbocycles. The third-order valence-electron chi connectivity index (χ3n) is 3.94. The van der Waals surface area contributed by atoms with Gasteiger partial charge in [0.05, 0.1) is 12.3 Å². The largest absolute Gasteiger partial charge is 0.488 e. The van der Waals surface area contributed by atoms with Crippen molar-refractivity contribution in [3.05, 3.63) is 24.0 Å².